The minimum atomic E-state index is -0.673. The molecule has 0 saturated heterocycles. The van der Waals surface area contributed by atoms with E-state index in [0.717, 1.165) is 12.8 Å². The lowest BCUT2D eigenvalue weighted by atomic mass is 9.87. The second-order valence-electron chi connectivity index (χ2n) is 5.42. The molecular weight excluding hydrogens is 206 g/mol. The Hall–Kier alpha value is -0.610. The Bertz CT molecular complexity index is 253. The average Bonchev–Trinajstić information content (AvgIpc) is 2.45. The van der Waals surface area contributed by atoms with Crippen LogP contribution in [0.1, 0.15) is 33.6 Å². The van der Waals surface area contributed by atoms with E-state index < -0.39 is 6.04 Å². The molecule has 2 unspecified atom stereocenters. The first-order valence-electron chi connectivity index (χ1n) is 5.83. The maximum atomic E-state index is 11.7. The summed E-state index contributed by atoms with van der Waals surface area (Å²) in [6.07, 6.45) is 2.17. The third-order valence-electron chi connectivity index (χ3n) is 3.42. The molecular formula is C12H23NO3. The van der Waals surface area contributed by atoms with Crippen LogP contribution in [0, 0.1) is 11.3 Å². The fraction of sp³-hybridized carbons (Fsp3) is 0.917. The fourth-order valence-corrected chi connectivity index (χ4v) is 2.40. The van der Waals surface area contributed by atoms with Crippen molar-refractivity contribution in [3.63, 3.8) is 0 Å². The molecule has 4 heteroatoms. The number of carbonyl (C=O) groups is 1. The maximum Gasteiger partial charge on any atom is 0.325 e. The van der Waals surface area contributed by atoms with Gasteiger partial charge in [-0.15, -0.1) is 0 Å². The van der Waals surface area contributed by atoms with Crippen molar-refractivity contribution in [1.82, 2.24) is 0 Å². The molecule has 16 heavy (non-hydrogen) atoms. The van der Waals surface area contributed by atoms with Gasteiger partial charge in [0.15, 0.2) is 0 Å². The van der Waals surface area contributed by atoms with Crippen LogP contribution in [0.5, 0.6) is 0 Å². The molecule has 1 saturated carbocycles. The summed E-state index contributed by atoms with van der Waals surface area (Å²) in [5, 5.41) is 0. The van der Waals surface area contributed by atoms with Gasteiger partial charge in [0, 0.05) is 12.5 Å². The normalized spacial score (nSPS) is 30.1. The second kappa shape index (κ2) is 5.15. The van der Waals surface area contributed by atoms with E-state index in [1.54, 1.807) is 0 Å². The number of hydrogen-bond acceptors (Lipinski definition) is 4. The zero-order valence-electron chi connectivity index (χ0n) is 10.7. The predicted octanol–water partition coefficient (Wildman–Crippen LogP) is 1.33. The molecule has 1 rings (SSSR count). The SMILES string of the molecule is COC[C@H](N)C(=O)OC1C(C)CCC1(C)C. The van der Waals surface area contributed by atoms with Gasteiger partial charge >= 0.3 is 5.97 Å². The summed E-state index contributed by atoms with van der Waals surface area (Å²) < 4.78 is 10.4. The van der Waals surface area contributed by atoms with E-state index in [-0.39, 0.29) is 24.1 Å². The Labute approximate surface area is 97.5 Å². The lowest BCUT2D eigenvalue weighted by Gasteiger charge is -2.30. The zero-order chi connectivity index (χ0) is 12.3. The number of ether oxygens (including phenoxy) is 2. The molecule has 0 heterocycles. The van der Waals surface area contributed by atoms with Gasteiger partial charge in [-0.05, 0) is 18.8 Å². The first-order chi connectivity index (χ1) is 7.38. The number of carbonyl (C=O) groups excluding carboxylic acids is 1. The smallest absolute Gasteiger partial charge is 0.325 e. The summed E-state index contributed by atoms with van der Waals surface area (Å²) in [4.78, 5) is 11.7. The molecule has 0 spiro atoms. The molecule has 0 aliphatic heterocycles. The van der Waals surface area contributed by atoms with E-state index in [2.05, 4.69) is 20.8 Å². The summed E-state index contributed by atoms with van der Waals surface area (Å²) in [5.41, 5.74) is 5.70. The van der Waals surface area contributed by atoms with Crippen molar-refractivity contribution >= 4 is 5.97 Å². The van der Waals surface area contributed by atoms with Crippen LogP contribution in [0.3, 0.4) is 0 Å². The highest BCUT2D eigenvalue weighted by Gasteiger charge is 2.42. The third-order valence-corrected chi connectivity index (χ3v) is 3.42. The molecule has 1 aliphatic carbocycles. The van der Waals surface area contributed by atoms with Gasteiger partial charge in [0.05, 0.1) is 6.61 Å². The topological polar surface area (TPSA) is 61.5 Å². The zero-order valence-corrected chi connectivity index (χ0v) is 10.7. The number of methoxy groups -OCH3 is 1. The lowest BCUT2D eigenvalue weighted by molar-refractivity contribution is -0.158. The highest BCUT2D eigenvalue weighted by Crippen LogP contribution is 2.43. The first kappa shape index (κ1) is 13.5. The van der Waals surface area contributed by atoms with Crippen molar-refractivity contribution in [3.8, 4) is 0 Å². The quantitative estimate of drug-likeness (QED) is 0.739. The van der Waals surface area contributed by atoms with Crippen molar-refractivity contribution in [2.45, 2.75) is 45.8 Å². The largest absolute Gasteiger partial charge is 0.460 e. The lowest BCUT2D eigenvalue weighted by Crippen LogP contribution is -2.42. The molecule has 0 radical (unpaired) electrons. The number of rotatable bonds is 4. The molecule has 0 amide bonds. The van der Waals surface area contributed by atoms with E-state index in [4.69, 9.17) is 15.2 Å². The second-order valence-corrected chi connectivity index (χ2v) is 5.42. The molecule has 1 fully saturated rings. The summed E-state index contributed by atoms with van der Waals surface area (Å²) in [5.74, 6) is 0.0577. The van der Waals surface area contributed by atoms with E-state index in [1.165, 1.54) is 7.11 Å². The van der Waals surface area contributed by atoms with Crippen LogP contribution < -0.4 is 5.73 Å². The van der Waals surface area contributed by atoms with Crippen LogP contribution in [0.15, 0.2) is 0 Å². The van der Waals surface area contributed by atoms with Gasteiger partial charge in [-0.2, -0.15) is 0 Å². The Morgan fingerprint density at radius 1 is 1.56 bits per heavy atom. The van der Waals surface area contributed by atoms with Gasteiger partial charge in [0.1, 0.15) is 12.1 Å². The third kappa shape index (κ3) is 2.95. The summed E-state index contributed by atoms with van der Waals surface area (Å²) >= 11 is 0. The highest BCUT2D eigenvalue weighted by molar-refractivity contribution is 5.75. The van der Waals surface area contributed by atoms with E-state index in [9.17, 15) is 4.79 Å². The molecule has 1 aliphatic rings. The van der Waals surface area contributed by atoms with Gasteiger partial charge in [0.2, 0.25) is 0 Å². The Kier molecular flexibility index (Phi) is 4.33. The van der Waals surface area contributed by atoms with Crippen LogP contribution >= 0.6 is 0 Å². The van der Waals surface area contributed by atoms with Crippen molar-refractivity contribution < 1.29 is 14.3 Å². The Balaban J connectivity index is 2.56. The molecule has 3 atom stereocenters. The number of hydrogen-bond donors (Lipinski definition) is 1. The van der Waals surface area contributed by atoms with E-state index in [0.29, 0.717) is 5.92 Å². The molecule has 0 aromatic rings. The Morgan fingerprint density at radius 3 is 2.62 bits per heavy atom. The van der Waals surface area contributed by atoms with Crippen molar-refractivity contribution in [1.29, 1.82) is 0 Å². The molecule has 0 aromatic carbocycles. The fourth-order valence-electron chi connectivity index (χ4n) is 2.40. The predicted molar refractivity (Wildman–Crippen MR) is 61.9 cm³/mol. The number of nitrogens with two attached hydrogens (primary N) is 1. The number of esters is 1. The van der Waals surface area contributed by atoms with Gasteiger partial charge in [0.25, 0.3) is 0 Å². The Morgan fingerprint density at radius 2 is 2.19 bits per heavy atom. The van der Waals surface area contributed by atoms with Crippen LogP contribution in [0.2, 0.25) is 0 Å². The minimum Gasteiger partial charge on any atom is -0.460 e. The highest BCUT2D eigenvalue weighted by atomic mass is 16.5. The van der Waals surface area contributed by atoms with Crippen molar-refractivity contribution in [2.75, 3.05) is 13.7 Å². The molecule has 0 aromatic heterocycles. The molecule has 94 valence electrons. The van der Waals surface area contributed by atoms with Crippen LogP contribution in [-0.4, -0.2) is 31.8 Å². The monoisotopic (exact) mass is 229 g/mol. The van der Waals surface area contributed by atoms with Crippen LogP contribution in [-0.2, 0) is 14.3 Å². The minimum absolute atomic E-state index is 0.0251. The molecule has 4 nitrogen and oxygen atoms in total. The molecule has 0 bridgehead atoms. The van der Waals surface area contributed by atoms with E-state index in [1.807, 2.05) is 0 Å². The summed E-state index contributed by atoms with van der Waals surface area (Å²) in [6.45, 7) is 6.60. The van der Waals surface area contributed by atoms with Gasteiger partial charge in [-0.25, -0.2) is 0 Å². The van der Waals surface area contributed by atoms with Crippen molar-refractivity contribution in [3.05, 3.63) is 0 Å². The first-order valence-corrected chi connectivity index (χ1v) is 5.83. The van der Waals surface area contributed by atoms with Gasteiger partial charge in [-0.3, -0.25) is 4.79 Å². The molecule has 2 N–H and O–H groups in total. The maximum absolute atomic E-state index is 11.7. The van der Waals surface area contributed by atoms with Crippen LogP contribution in [0.25, 0.3) is 0 Å². The summed E-state index contributed by atoms with van der Waals surface area (Å²) in [7, 11) is 1.52. The summed E-state index contributed by atoms with van der Waals surface area (Å²) in [6, 6.07) is -0.673. The van der Waals surface area contributed by atoms with Gasteiger partial charge < -0.3 is 15.2 Å². The van der Waals surface area contributed by atoms with Gasteiger partial charge in [-0.1, -0.05) is 20.8 Å². The average molecular weight is 229 g/mol. The standard InChI is InChI=1S/C12H23NO3/c1-8-5-6-12(2,3)10(8)16-11(14)9(13)7-15-4/h8-10H,5-7,13H2,1-4H3/t8?,9-,10?/m0/s1. The van der Waals surface area contributed by atoms with Crippen molar-refractivity contribution in [2.24, 2.45) is 17.1 Å². The van der Waals surface area contributed by atoms with Crippen LogP contribution in [0.4, 0.5) is 0 Å². The van der Waals surface area contributed by atoms with E-state index >= 15 is 0 Å².